The maximum absolute atomic E-state index is 13.0. The van der Waals surface area contributed by atoms with Gasteiger partial charge in [0.15, 0.2) is 11.5 Å². The molecule has 0 fully saturated rings. The van der Waals surface area contributed by atoms with Crippen LogP contribution < -0.4 is 15.2 Å². The molecule has 1 atom stereocenters. The summed E-state index contributed by atoms with van der Waals surface area (Å²) < 4.78 is 49.4. The number of carbonyl (C=O) groups is 1. The second kappa shape index (κ2) is 5.80. The number of alkyl halides is 3. The fourth-order valence-electron chi connectivity index (χ4n) is 2.02. The summed E-state index contributed by atoms with van der Waals surface area (Å²) in [7, 11) is 0. The molecule has 8 heteroatoms. The molecule has 0 spiro atoms. The van der Waals surface area contributed by atoms with E-state index in [1.54, 1.807) is 0 Å². The molecule has 1 aliphatic heterocycles. The Bertz CT molecular complexity index is 545. The second-order valence-electron chi connectivity index (χ2n) is 4.63. The van der Waals surface area contributed by atoms with Gasteiger partial charge in [0.1, 0.15) is 11.6 Å². The number of carboxylic acids is 1. The highest BCUT2D eigenvalue weighted by Crippen LogP contribution is 2.44. The predicted molar refractivity (Wildman–Crippen MR) is 66.4 cm³/mol. The van der Waals surface area contributed by atoms with Gasteiger partial charge in [-0.3, -0.25) is 4.79 Å². The molecule has 0 radical (unpaired) electrons. The van der Waals surface area contributed by atoms with Crippen LogP contribution in [0.1, 0.15) is 17.5 Å². The SMILES string of the molecule is NC(Cc1ccc(C(F)(F)F)c2c1OCCCO2)C(=O)O. The van der Waals surface area contributed by atoms with Gasteiger partial charge in [0.2, 0.25) is 0 Å². The molecule has 0 aliphatic carbocycles. The van der Waals surface area contributed by atoms with Crippen molar-refractivity contribution in [3.8, 4) is 11.5 Å². The van der Waals surface area contributed by atoms with Gasteiger partial charge in [0, 0.05) is 18.4 Å². The van der Waals surface area contributed by atoms with Crippen LogP contribution in [0.2, 0.25) is 0 Å². The van der Waals surface area contributed by atoms with Gasteiger partial charge in [0.25, 0.3) is 0 Å². The maximum atomic E-state index is 13.0. The Labute approximate surface area is 118 Å². The van der Waals surface area contributed by atoms with E-state index < -0.39 is 29.5 Å². The molecule has 0 amide bonds. The second-order valence-corrected chi connectivity index (χ2v) is 4.63. The molecule has 0 bridgehead atoms. The Morgan fingerprint density at radius 2 is 1.90 bits per heavy atom. The molecule has 5 nitrogen and oxygen atoms in total. The highest BCUT2D eigenvalue weighted by atomic mass is 19.4. The Balaban J connectivity index is 2.46. The first kappa shape index (κ1) is 15.4. The molecule has 1 aliphatic rings. The monoisotopic (exact) mass is 305 g/mol. The molecule has 1 unspecified atom stereocenters. The van der Waals surface area contributed by atoms with Crippen LogP contribution in [-0.2, 0) is 17.4 Å². The first-order valence-corrected chi connectivity index (χ1v) is 6.27. The number of ether oxygens (including phenoxy) is 2. The number of carboxylic acid groups (broad SMARTS) is 1. The molecule has 116 valence electrons. The van der Waals surface area contributed by atoms with E-state index in [9.17, 15) is 18.0 Å². The van der Waals surface area contributed by atoms with Crippen LogP contribution in [0.4, 0.5) is 13.2 Å². The number of hydrogen-bond acceptors (Lipinski definition) is 4. The zero-order chi connectivity index (χ0) is 15.6. The molecule has 1 heterocycles. The molecule has 0 saturated heterocycles. The van der Waals surface area contributed by atoms with E-state index in [-0.39, 0.29) is 30.9 Å². The van der Waals surface area contributed by atoms with Crippen LogP contribution in [0.5, 0.6) is 11.5 Å². The van der Waals surface area contributed by atoms with E-state index in [0.717, 1.165) is 6.07 Å². The van der Waals surface area contributed by atoms with Gasteiger partial charge < -0.3 is 20.3 Å². The van der Waals surface area contributed by atoms with E-state index in [0.29, 0.717) is 6.42 Å². The summed E-state index contributed by atoms with van der Waals surface area (Å²) in [6, 6.07) is 0.814. The van der Waals surface area contributed by atoms with E-state index in [2.05, 4.69) is 0 Å². The Kier molecular flexibility index (Phi) is 4.26. The number of benzene rings is 1. The Hall–Kier alpha value is -1.96. The molecular formula is C13H14F3NO4. The smallest absolute Gasteiger partial charge is 0.420 e. The van der Waals surface area contributed by atoms with E-state index in [4.69, 9.17) is 20.3 Å². The van der Waals surface area contributed by atoms with Gasteiger partial charge >= 0.3 is 12.1 Å². The van der Waals surface area contributed by atoms with E-state index in [1.807, 2.05) is 0 Å². The summed E-state index contributed by atoms with van der Waals surface area (Å²) in [6.07, 6.45) is -4.28. The number of aliphatic carboxylic acids is 1. The molecule has 3 N–H and O–H groups in total. The van der Waals surface area contributed by atoms with Crippen molar-refractivity contribution in [3.05, 3.63) is 23.3 Å². The predicted octanol–water partition coefficient (Wildman–Crippen LogP) is 1.82. The van der Waals surface area contributed by atoms with Crippen molar-refractivity contribution >= 4 is 5.97 Å². The normalized spacial score (nSPS) is 16.2. The molecule has 0 aromatic heterocycles. The molecule has 0 saturated carbocycles. The average Bonchev–Trinajstić information content (AvgIpc) is 2.63. The molecule has 21 heavy (non-hydrogen) atoms. The summed E-state index contributed by atoms with van der Waals surface area (Å²) in [4.78, 5) is 10.8. The van der Waals surface area contributed by atoms with Crippen LogP contribution in [0.25, 0.3) is 0 Å². The molecule has 1 aromatic carbocycles. The standard InChI is InChI=1S/C13H14F3NO4/c14-13(15,16)8-3-2-7(6-9(17)12(18)19)10-11(8)21-5-1-4-20-10/h2-3,9H,1,4-6,17H2,(H,18,19). The van der Waals surface area contributed by atoms with Gasteiger partial charge in [-0.15, -0.1) is 0 Å². The van der Waals surface area contributed by atoms with Crippen LogP contribution >= 0.6 is 0 Å². The summed E-state index contributed by atoms with van der Waals surface area (Å²) in [5, 5.41) is 8.81. The summed E-state index contributed by atoms with van der Waals surface area (Å²) in [5.74, 6) is -1.70. The maximum Gasteiger partial charge on any atom is 0.420 e. The first-order valence-electron chi connectivity index (χ1n) is 6.27. The Morgan fingerprint density at radius 1 is 1.29 bits per heavy atom. The summed E-state index contributed by atoms with van der Waals surface area (Å²) >= 11 is 0. The van der Waals surface area contributed by atoms with Crippen molar-refractivity contribution in [1.29, 1.82) is 0 Å². The van der Waals surface area contributed by atoms with Crippen molar-refractivity contribution in [2.45, 2.75) is 25.1 Å². The Morgan fingerprint density at radius 3 is 2.48 bits per heavy atom. The van der Waals surface area contributed by atoms with Gasteiger partial charge in [-0.1, -0.05) is 6.07 Å². The van der Waals surface area contributed by atoms with Gasteiger partial charge in [-0.2, -0.15) is 13.2 Å². The average molecular weight is 305 g/mol. The zero-order valence-electron chi connectivity index (χ0n) is 10.9. The topological polar surface area (TPSA) is 81.8 Å². The van der Waals surface area contributed by atoms with Crippen molar-refractivity contribution < 1.29 is 32.5 Å². The van der Waals surface area contributed by atoms with Gasteiger partial charge in [-0.25, -0.2) is 0 Å². The fourth-order valence-corrected chi connectivity index (χ4v) is 2.02. The van der Waals surface area contributed by atoms with Crippen molar-refractivity contribution in [2.75, 3.05) is 13.2 Å². The van der Waals surface area contributed by atoms with E-state index >= 15 is 0 Å². The van der Waals surface area contributed by atoms with E-state index in [1.165, 1.54) is 6.07 Å². The van der Waals surface area contributed by atoms with Crippen molar-refractivity contribution in [1.82, 2.24) is 0 Å². The lowest BCUT2D eigenvalue weighted by Crippen LogP contribution is -2.32. The summed E-state index contributed by atoms with van der Waals surface area (Å²) in [6.45, 7) is 0.300. The largest absolute Gasteiger partial charge is 0.489 e. The fraction of sp³-hybridized carbons (Fsp3) is 0.462. The molecule has 1 aromatic rings. The number of nitrogens with two attached hydrogens (primary N) is 1. The van der Waals surface area contributed by atoms with Crippen LogP contribution in [0.15, 0.2) is 12.1 Å². The third-order valence-corrected chi connectivity index (χ3v) is 3.04. The van der Waals surface area contributed by atoms with Crippen LogP contribution in [0, 0.1) is 0 Å². The molecule has 2 rings (SSSR count). The number of fused-ring (bicyclic) bond motifs is 1. The number of halogens is 3. The van der Waals surface area contributed by atoms with Crippen LogP contribution in [-0.4, -0.2) is 30.3 Å². The third kappa shape index (κ3) is 3.38. The first-order chi connectivity index (χ1) is 9.80. The minimum absolute atomic E-state index is 0.0703. The minimum Gasteiger partial charge on any atom is -0.489 e. The van der Waals surface area contributed by atoms with Crippen molar-refractivity contribution in [3.63, 3.8) is 0 Å². The minimum atomic E-state index is -4.58. The highest BCUT2D eigenvalue weighted by Gasteiger charge is 2.37. The summed E-state index contributed by atoms with van der Waals surface area (Å²) in [5.41, 5.74) is 4.78. The lowest BCUT2D eigenvalue weighted by Gasteiger charge is -2.18. The van der Waals surface area contributed by atoms with Crippen LogP contribution in [0.3, 0.4) is 0 Å². The van der Waals surface area contributed by atoms with Gasteiger partial charge in [0.05, 0.1) is 13.2 Å². The lowest BCUT2D eigenvalue weighted by atomic mass is 10.0. The number of rotatable bonds is 3. The van der Waals surface area contributed by atoms with Crippen molar-refractivity contribution in [2.24, 2.45) is 5.73 Å². The quantitative estimate of drug-likeness (QED) is 0.890. The third-order valence-electron chi connectivity index (χ3n) is 3.04. The highest BCUT2D eigenvalue weighted by molar-refractivity contribution is 5.74. The van der Waals surface area contributed by atoms with Gasteiger partial charge in [-0.05, 0) is 6.07 Å². The lowest BCUT2D eigenvalue weighted by molar-refractivity contribution is -0.139. The zero-order valence-corrected chi connectivity index (χ0v) is 10.9. The number of hydrogen-bond donors (Lipinski definition) is 2. The molecular weight excluding hydrogens is 291 g/mol.